The monoisotopic (exact) mass is 220 g/mol. The van der Waals surface area contributed by atoms with E-state index in [-0.39, 0.29) is 11.5 Å². The molecule has 1 saturated heterocycles. The van der Waals surface area contributed by atoms with E-state index in [1.54, 1.807) is 11.1 Å². The van der Waals surface area contributed by atoms with Gasteiger partial charge in [-0.25, -0.2) is 9.78 Å². The number of nitrogens with zero attached hydrogens (tertiary/aromatic N) is 2. The Hall–Kier alpha value is -1.58. The van der Waals surface area contributed by atoms with Crippen LogP contribution in [0.25, 0.3) is 0 Å². The Kier molecular flexibility index (Phi) is 2.58. The van der Waals surface area contributed by atoms with Crippen molar-refractivity contribution in [1.29, 1.82) is 0 Å². The van der Waals surface area contributed by atoms with Crippen molar-refractivity contribution < 1.29 is 9.53 Å². The van der Waals surface area contributed by atoms with Crippen LogP contribution in [0, 0.1) is 12.3 Å². The number of pyridine rings is 1. The molecule has 0 aromatic carbocycles. The first-order chi connectivity index (χ1) is 7.48. The van der Waals surface area contributed by atoms with Crippen LogP contribution in [0.5, 0.6) is 0 Å². The highest BCUT2D eigenvalue weighted by Gasteiger charge is 2.34. The van der Waals surface area contributed by atoms with Crippen molar-refractivity contribution >= 4 is 11.9 Å². The van der Waals surface area contributed by atoms with E-state index in [9.17, 15) is 4.79 Å². The number of cyclic esters (lactones) is 1. The fourth-order valence-corrected chi connectivity index (χ4v) is 1.67. The first-order valence-electron chi connectivity index (χ1n) is 5.35. The third-order valence-corrected chi connectivity index (χ3v) is 2.57. The van der Waals surface area contributed by atoms with Gasteiger partial charge < -0.3 is 4.74 Å². The lowest BCUT2D eigenvalue weighted by Gasteiger charge is -2.36. The topological polar surface area (TPSA) is 42.4 Å². The lowest BCUT2D eigenvalue weighted by molar-refractivity contribution is 0.0819. The SMILES string of the molecule is Cc1ccc(N2CC(C)(C)COC2=O)nc1. The summed E-state index contributed by atoms with van der Waals surface area (Å²) >= 11 is 0. The van der Waals surface area contributed by atoms with Gasteiger partial charge in [-0.05, 0) is 18.6 Å². The zero-order chi connectivity index (χ0) is 11.8. The molecule has 0 spiro atoms. The Morgan fingerprint density at radius 3 is 2.81 bits per heavy atom. The Morgan fingerprint density at radius 1 is 1.44 bits per heavy atom. The molecule has 4 heteroatoms. The Morgan fingerprint density at radius 2 is 2.19 bits per heavy atom. The van der Waals surface area contributed by atoms with Gasteiger partial charge in [0.05, 0.1) is 6.61 Å². The predicted molar refractivity (Wildman–Crippen MR) is 61.4 cm³/mol. The van der Waals surface area contributed by atoms with Crippen LogP contribution in [-0.2, 0) is 4.74 Å². The summed E-state index contributed by atoms with van der Waals surface area (Å²) in [4.78, 5) is 17.5. The molecule has 0 aliphatic carbocycles. The second-order valence-electron chi connectivity index (χ2n) is 5.00. The average Bonchev–Trinajstić information content (AvgIpc) is 2.23. The van der Waals surface area contributed by atoms with Gasteiger partial charge in [-0.2, -0.15) is 0 Å². The van der Waals surface area contributed by atoms with E-state index >= 15 is 0 Å². The van der Waals surface area contributed by atoms with E-state index in [0.717, 1.165) is 5.56 Å². The summed E-state index contributed by atoms with van der Waals surface area (Å²) in [5, 5.41) is 0. The summed E-state index contributed by atoms with van der Waals surface area (Å²) in [7, 11) is 0. The molecule has 1 amide bonds. The maximum absolute atomic E-state index is 11.6. The molecule has 1 aromatic heterocycles. The number of hydrogen-bond acceptors (Lipinski definition) is 3. The third-order valence-electron chi connectivity index (χ3n) is 2.57. The van der Waals surface area contributed by atoms with E-state index in [1.165, 1.54) is 0 Å². The minimum absolute atomic E-state index is 0.0273. The fourth-order valence-electron chi connectivity index (χ4n) is 1.67. The first kappa shape index (κ1) is 10.9. The molecule has 86 valence electrons. The number of hydrogen-bond donors (Lipinski definition) is 0. The molecule has 4 nitrogen and oxygen atoms in total. The summed E-state index contributed by atoms with van der Waals surface area (Å²) in [6, 6.07) is 3.79. The number of aryl methyl sites for hydroxylation is 1. The lowest BCUT2D eigenvalue weighted by atomic mass is 9.93. The molecule has 2 rings (SSSR count). The van der Waals surface area contributed by atoms with E-state index in [4.69, 9.17) is 4.74 Å². The van der Waals surface area contributed by atoms with Crippen LogP contribution < -0.4 is 4.90 Å². The molecule has 0 N–H and O–H groups in total. The number of amides is 1. The summed E-state index contributed by atoms with van der Waals surface area (Å²) < 4.78 is 5.14. The van der Waals surface area contributed by atoms with Crippen molar-refractivity contribution in [1.82, 2.24) is 4.98 Å². The standard InChI is InChI=1S/C12H16N2O2/c1-9-4-5-10(13-6-9)14-7-12(2,3)8-16-11(14)15/h4-6H,7-8H2,1-3H3. The second-order valence-corrected chi connectivity index (χ2v) is 5.00. The molecule has 0 bridgehead atoms. The van der Waals surface area contributed by atoms with Crippen molar-refractivity contribution in [3.05, 3.63) is 23.9 Å². The molecule has 0 atom stereocenters. The molecule has 2 heterocycles. The van der Waals surface area contributed by atoms with Crippen LogP contribution in [0.4, 0.5) is 10.6 Å². The zero-order valence-corrected chi connectivity index (χ0v) is 9.86. The largest absolute Gasteiger partial charge is 0.448 e. The molecular formula is C12H16N2O2. The third kappa shape index (κ3) is 2.15. The number of carbonyl (C=O) groups excluding carboxylic acids is 1. The van der Waals surface area contributed by atoms with Crippen LogP contribution in [0.2, 0.25) is 0 Å². The van der Waals surface area contributed by atoms with Crippen LogP contribution >= 0.6 is 0 Å². The number of anilines is 1. The van der Waals surface area contributed by atoms with E-state index in [2.05, 4.69) is 18.8 Å². The maximum Gasteiger partial charge on any atom is 0.415 e. The van der Waals surface area contributed by atoms with Crippen molar-refractivity contribution in [3.63, 3.8) is 0 Å². The van der Waals surface area contributed by atoms with Crippen molar-refractivity contribution in [2.24, 2.45) is 5.41 Å². The maximum atomic E-state index is 11.6. The second kappa shape index (κ2) is 3.77. The predicted octanol–water partition coefficient (Wildman–Crippen LogP) is 2.37. The van der Waals surface area contributed by atoms with Crippen molar-refractivity contribution in [2.75, 3.05) is 18.1 Å². The summed E-state index contributed by atoms with van der Waals surface area (Å²) in [5.41, 5.74) is 1.05. The van der Waals surface area contributed by atoms with Gasteiger partial charge in [0.1, 0.15) is 5.82 Å². The highest BCUT2D eigenvalue weighted by Crippen LogP contribution is 2.26. The molecule has 1 aromatic rings. The average molecular weight is 220 g/mol. The number of rotatable bonds is 1. The summed E-state index contributed by atoms with van der Waals surface area (Å²) in [5.74, 6) is 0.656. The van der Waals surface area contributed by atoms with Crippen LogP contribution in [0.3, 0.4) is 0 Å². The van der Waals surface area contributed by atoms with Gasteiger partial charge in [0, 0.05) is 18.2 Å². The van der Waals surface area contributed by atoms with E-state index in [0.29, 0.717) is 19.0 Å². The van der Waals surface area contributed by atoms with Gasteiger partial charge in [0.25, 0.3) is 0 Å². The van der Waals surface area contributed by atoms with Crippen molar-refractivity contribution in [2.45, 2.75) is 20.8 Å². The Balaban J connectivity index is 2.25. The van der Waals surface area contributed by atoms with Crippen LogP contribution in [0.1, 0.15) is 19.4 Å². The smallest absolute Gasteiger partial charge is 0.415 e. The van der Waals surface area contributed by atoms with Crippen LogP contribution in [0.15, 0.2) is 18.3 Å². The highest BCUT2D eigenvalue weighted by molar-refractivity contribution is 5.87. The molecule has 0 radical (unpaired) electrons. The first-order valence-corrected chi connectivity index (χ1v) is 5.35. The van der Waals surface area contributed by atoms with Gasteiger partial charge in [0.2, 0.25) is 0 Å². The number of carbonyl (C=O) groups is 1. The van der Waals surface area contributed by atoms with E-state index in [1.807, 2.05) is 19.1 Å². The summed E-state index contributed by atoms with van der Waals surface area (Å²) in [6.07, 6.45) is 1.44. The minimum Gasteiger partial charge on any atom is -0.448 e. The molecule has 1 aliphatic rings. The molecule has 0 saturated carbocycles. The number of aromatic nitrogens is 1. The van der Waals surface area contributed by atoms with Gasteiger partial charge >= 0.3 is 6.09 Å². The van der Waals surface area contributed by atoms with Crippen molar-refractivity contribution in [3.8, 4) is 0 Å². The number of ether oxygens (including phenoxy) is 1. The Labute approximate surface area is 95.2 Å². The molecule has 1 aliphatic heterocycles. The van der Waals surface area contributed by atoms with Gasteiger partial charge in [-0.3, -0.25) is 4.90 Å². The quantitative estimate of drug-likeness (QED) is 0.729. The molecule has 0 unspecified atom stereocenters. The molecule has 16 heavy (non-hydrogen) atoms. The van der Waals surface area contributed by atoms with Crippen LogP contribution in [-0.4, -0.2) is 24.2 Å². The van der Waals surface area contributed by atoms with Gasteiger partial charge in [-0.1, -0.05) is 19.9 Å². The molecule has 1 fully saturated rings. The molecular weight excluding hydrogens is 204 g/mol. The lowest BCUT2D eigenvalue weighted by Crippen LogP contribution is -2.47. The summed E-state index contributed by atoms with van der Waals surface area (Å²) in [6.45, 7) is 7.21. The Bertz CT molecular complexity index is 398. The highest BCUT2D eigenvalue weighted by atomic mass is 16.6. The van der Waals surface area contributed by atoms with Gasteiger partial charge in [-0.15, -0.1) is 0 Å². The zero-order valence-electron chi connectivity index (χ0n) is 9.86. The fraction of sp³-hybridized carbons (Fsp3) is 0.500. The normalized spacial score (nSPS) is 19.4. The van der Waals surface area contributed by atoms with E-state index < -0.39 is 0 Å². The minimum atomic E-state index is -0.310. The van der Waals surface area contributed by atoms with Gasteiger partial charge in [0.15, 0.2) is 0 Å².